The Hall–Kier alpha value is -2.15. The van der Waals surface area contributed by atoms with Gasteiger partial charge in [-0.2, -0.15) is 11.8 Å². The van der Waals surface area contributed by atoms with E-state index in [1.807, 2.05) is 17.8 Å². The van der Waals surface area contributed by atoms with Gasteiger partial charge in [0.05, 0.1) is 23.5 Å². The molecule has 0 bridgehead atoms. The van der Waals surface area contributed by atoms with Crippen LogP contribution in [0.15, 0.2) is 23.1 Å². The lowest BCUT2D eigenvalue weighted by atomic mass is 10.1. The van der Waals surface area contributed by atoms with Gasteiger partial charge < -0.3 is 19.9 Å². The molecule has 2 heterocycles. The first-order chi connectivity index (χ1) is 12.6. The zero-order valence-electron chi connectivity index (χ0n) is 14.9. The van der Waals surface area contributed by atoms with Crippen molar-refractivity contribution < 1.29 is 9.53 Å². The van der Waals surface area contributed by atoms with E-state index in [4.69, 9.17) is 10.5 Å². The van der Waals surface area contributed by atoms with Crippen molar-refractivity contribution in [3.8, 4) is 0 Å². The molecule has 0 radical (unpaired) electrons. The van der Waals surface area contributed by atoms with Crippen LogP contribution in [0.25, 0.3) is 10.9 Å². The average Bonchev–Trinajstić information content (AvgIpc) is 3.48. The summed E-state index contributed by atoms with van der Waals surface area (Å²) in [6, 6.07) is 4.09. The van der Waals surface area contributed by atoms with Crippen LogP contribution < -0.4 is 16.1 Å². The number of aromatic nitrogens is 1. The van der Waals surface area contributed by atoms with Gasteiger partial charge in [-0.15, -0.1) is 0 Å². The van der Waals surface area contributed by atoms with Gasteiger partial charge >= 0.3 is 5.97 Å². The number of nitrogens with zero attached hydrogens (tertiary/aromatic N) is 2. The highest BCUT2D eigenvalue weighted by molar-refractivity contribution is 7.99. The SMILES string of the molecule is CCOC(=O)c1cn(C2CC2)c2cc(N3CCSCC3)c(N)cc2c1=O. The van der Waals surface area contributed by atoms with Crippen LogP contribution in [0.3, 0.4) is 0 Å². The first-order valence-electron chi connectivity index (χ1n) is 9.08. The van der Waals surface area contributed by atoms with E-state index in [-0.39, 0.29) is 17.6 Å². The standard InChI is InChI=1S/C19H23N3O3S/c1-2-25-19(24)14-11-22(12-3-4-12)16-10-17(21-5-7-26-8-6-21)15(20)9-13(16)18(14)23/h9-12H,2-8,20H2,1H3. The Balaban J connectivity index is 1.89. The van der Waals surface area contributed by atoms with Crippen molar-refractivity contribution in [2.75, 3.05) is 41.8 Å². The summed E-state index contributed by atoms with van der Waals surface area (Å²) in [5.74, 6) is 1.59. The second-order valence-corrected chi connectivity index (χ2v) is 7.98. The molecular formula is C19H23N3O3S. The maximum atomic E-state index is 12.9. The lowest BCUT2D eigenvalue weighted by molar-refractivity contribution is 0.0524. The number of esters is 1. The molecule has 0 spiro atoms. The lowest BCUT2D eigenvalue weighted by Crippen LogP contribution is -2.33. The van der Waals surface area contributed by atoms with Crippen LogP contribution in [0.5, 0.6) is 0 Å². The second kappa shape index (κ2) is 6.87. The summed E-state index contributed by atoms with van der Waals surface area (Å²) < 4.78 is 7.13. The van der Waals surface area contributed by atoms with Gasteiger partial charge in [-0.25, -0.2) is 4.79 Å². The third kappa shape index (κ3) is 3.05. The maximum absolute atomic E-state index is 12.9. The zero-order chi connectivity index (χ0) is 18.3. The molecule has 4 rings (SSSR count). The van der Waals surface area contributed by atoms with Gasteiger partial charge in [-0.05, 0) is 31.9 Å². The third-order valence-corrected chi connectivity index (χ3v) is 5.91. The maximum Gasteiger partial charge on any atom is 0.343 e. The van der Waals surface area contributed by atoms with Gasteiger partial charge in [0, 0.05) is 42.2 Å². The topological polar surface area (TPSA) is 77.6 Å². The Bertz CT molecular complexity index is 914. The molecule has 2 aromatic rings. The number of rotatable bonds is 4. The van der Waals surface area contributed by atoms with E-state index in [0.29, 0.717) is 17.1 Å². The van der Waals surface area contributed by atoms with Gasteiger partial charge in [0.2, 0.25) is 5.43 Å². The molecule has 6 nitrogen and oxygen atoms in total. The summed E-state index contributed by atoms with van der Waals surface area (Å²) in [4.78, 5) is 27.4. The number of pyridine rings is 1. The Morgan fingerprint density at radius 1 is 1.31 bits per heavy atom. The van der Waals surface area contributed by atoms with Crippen molar-refractivity contribution in [2.24, 2.45) is 0 Å². The fourth-order valence-corrected chi connectivity index (χ4v) is 4.39. The van der Waals surface area contributed by atoms with E-state index >= 15 is 0 Å². The van der Waals surface area contributed by atoms with Crippen molar-refractivity contribution in [3.63, 3.8) is 0 Å². The number of carbonyl (C=O) groups excluding carboxylic acids is 1. The minimum atomic E-state index is -0.565. The van der Waals surface area contributed by atoms with Crippen molar-refractivity contribution in [1.29, 1.82) is 0 Å². The molecule has 0 unspecified atom stereocenters. The summed E-state index contributed by atoms with van der Waals surface area (Å²) in [6.07, 6.45) is 3.78. The highest BCUT2D eigenvalue weighted by Crippen LogP contribution is 2.39. The molecule has 0 atom stereocenters. The predicted octanol–water partition coefficient (Wildman–Crippen LogP) is 2.65. The highest BCUT2D eigenvalue weighted by Gasteiger charge is 2.28. The predicted molar refractivity (Wildman–Crippen MR) is 106 cm³/mol. The molecule has 2 N–H and O–H groups in total. The minimum Gasteiger partial charge on any atom is -0.462 e. The largest absolute Gasteiger partial charge is 0.462 e. The highest BCUT2D eigenvalue weighted by atomic mass is 32.2. The molecule has 7 heteroatoms. The number of fused-ring (bicyclic) bond motifs is 1. The van der Waals surface area contributed by atoms with E-state index in [1.165, 1.54) is 0 Å². The molecule has 1 aromatic carbocycles. The first kappa shape index (κ1) is 17.3. The lowest BCUT2D eigenvalue weighted by Gasteiger charge is -2.30. The van der Waals surface area contributed by atoms with Crippen LogP contribution in [-0.4, -0.2) is 41.7 Å². The van der Waals surface area contributed by atoms with E-state index in [1.54, 1.807) is 19.2 Å². The molecule has 1 saturated heterocycles. The monoisotopic (exact) mass is 373 g/mol. The first-order valence-corrected chi connectivity index (χ1v) is 10.2. The molecule has 26 heavy (non-hydrogen) atoms. The number of nitrogen functional groups attached to an aromatic ring is 1. The van der Waals surface area contributed by atoms with Crippen LogP contribution in [0.4, 0.5) is 11.4 Å². The molecular weight excluding hydrogens is 350 g/mol. The summed E-state index contributed by atoms with van der Waals surface area (Å²) in [5.41, 5.74) is 8.51. The average molecular weight is 373 g/mol. The molecule has 1 saturated carbocycles. The number of nitrogens with two attached hydrogens (primary N) is 1. The van der Waals surface area contributed by atoms with Gasteiger partial charge in [-0.1, -0.05) is 0 Å². The van der Waals surface area contributed by atoms with Crippen molar-refractivity contribution in [2.45, 2.75) is 25.8 Å². The van der Waals surface area contributed by atoms with Crippen molar-refractivity contribution >= 4 is 40.0 Å². The van der Waals surface area contributed by atoms with E-state index in [2.05, 4.69) is 9.47 Å². The number of thioether (sulfide) groups is 1. The Kier molecular flexibility index (Phi) is 4.56. The van der Waals surface area contributed by atoms with Gasteiger partial charge in [-0.3, -0.25) is 4.79 Å². The van der Waals surface area contributed by atoms with Crippen LogP contribution >= 0.6 is 11.8 Å². The zero-order valence-corrected chi connectivity index (χ0v) is 15.7. The van der Waals surface area contributed by atoms with Crippen LogP contribution in [0.2, 0.25) is 0 Å². The Labute approximate surface area is 156 Å². The van der Waals surface area contributed by atoms with Gasteiger partial charge in [0.25, 0.3) is 0 Å². The Morgan fingerprint density at radius 2 is 2.04 bits per heavy atom. The van der Waals surface area contributed by atoms with E-state index in [9.17, 15) is 9.59 Å². The number of hydrogen-bond donors (Lipinski definition) is 1. The number of anilines is 2. The summed E-state index contributed by atoms with van der Waals surface area (Å²) >= 11 is 1.94. The summed E-state index contributed by atoms with van der Waals surface area (Å²) in [5, 5.41) is 0.495. The van der Waals surface area contributed by atoms with Crippen molar-refractivity contribution in [1.82, 2.24) is 4.57 Å². The molecule has 138 valence electrons. The second-order valence-electron chi connectivity index (χ2n) is 6.76. The molecule has 2 aliphatic rings. The van der Waals surface area contributed by atoms with E-state index < -0.39 is 5.97 Å². The molecule has 2 fully saturated rings. The molecule has 1 aromatic heterocycles. The number of carbonyl (C=O) groups is 1. The van der Waals surface area contributed by atoms with Crippen LogP contribution in [-0.2, 0) is 4.74 Å². The number of ether oxygens (including phenoxy) is 1. The third-order valence-electron chi connectivity index (χ3n) is 4.97. The number of hydrogen-bond acceptors (Lipinski definition) is 6. The quantitative estimate of drug-likeness (QED) is 0.656. The molecule has 1 aliphatic heterocycles. The van der Waals surface area contributed by atoms with Crippen LogP contribution in [0.1, 0.15) is 36.2 Å². The van der Waals surface area contributed by atoms with Gasteiger partial charge in [0.1, 0.15) is 5.56 Å². The molecule has 1 aliphatic carbocycles. The van der Waals surface area contributed by atoms with Gasteiger partial charge in [0.15, 0.2) is 0 Å². The Morgan fingerprint density at radius 3 is 2.69 bits per heavy atom. The van der Waals surface area contributed by atoms with Crippen LogP contribution in [0, 0.1) is 0 Å². The number of benzene rings is 1. The normalized spacial score (nSPS) is 17.5. The summed E-state index contributed by atoms with van der Waals surface area (Å²) in [6.45, 7) is 3.89. The molecule has 0 amide bonds. The summed E-state index contributed by atoms with van der Waals surface area (Å²) in [7, 11) is 0. The minimum absolute atomic E-state index is 0.0905. The van der Waals surface area contributed by atoms with E-state index in [0.717, 1.165) is 48.6 Å². The van der Waals surface area contributed by atoms with Crippen molar-refractivity contribution in [3.05, 3.63) is 34.1 Å². The fourth-order valence-electron chi connectivity index (χ4n) is 3.49. The smallest absolute Gasteiger partial charge is 0.343 e. The fraction of sp³-hybridized carbons (Fsp3) is 0.474.